The fraction of sp³-hybridized carbons (Fsp3) is 0.462. The zero-order valence-electron chi connectivity index (χ0n) is 10.2. The van der Waals surface area contributed by atoms with Crippen LogP contribution in [0.3, 0.4) is 0 Å². The van der Waals surface area contributed by atoms with E-state index in [2.05, 4.69) is 5.48 Å². The molecule has 0 bridgehead atoms. The molecule has 0 aromatic heterocycles. The first-order valence-electron chi connectivity index (χ1n) is 5.90. The monoisotopic (exact) mass is 236 g/mol. The first-order valence-corrected chi connectivity index (χ1v) is 5.90. The standard InChI is InChI=1S/C13H20N2O2/c1-2-11(9-14)8-13(16)15-17-10-12-6-4-3-5-7-12/h3-7,11H,2,8-10,14H2,1H3,(H,15,16). The fourth-order valence-corrected chi connectivity index (χ4v) is 1.47. The summed E-state index contributed by atoms with van der Waals surface area (Å²) in [4.78, 5) is 16.6. The molecule has 0 spiro atoms. The van der Waals surface area contributed by atoms with Gasteiger partial charge in [0.15, 0.2) is 0 Å². The van der Waals surface area contributed by atoms with Crippen molar-refractivity contribution in [1.29, 1.82) is 0 Å². The zero-order chi connectivity index (χ0) is 12.5. The second kappa shape index (κ2) is 7.81. The van der Waals surface area contributed by atoms with E-state index in [0.717, 1.165) is 12.0 Å². The Balaban J connectivity index is 2.20. The minimum absolute atomic E-state index is 0.113. The second-order valence-corrected chi connectivity index (χ2v) is 4.01. The third-order valence-corrected chi connectivity index (χ3v) is 2.65. The molecule has 1 amide bonds. The topological polar surface area (TPSA) is 64.4 Å². The molecule has 1 unspecified atom stereocenters. The lowest BCUT2D eigenvalue weighted by molar-refractivity contribution is -0.135. The second-order valence-electron chi connectivity index (χ2n) is 4.01. The summed E-state index contributed by atoms with van der Waals surface area (Å²) < 4.78 is 0. The number of carbonyl (C=O) groups is 1. The molecule has 0 fully saturated rings. The molecule has 1 aromatic carbocycles. The summed E-state index contributed by atoms with van der Waals surface area (Å²) in [6.45, 7) is 2.93. The molecule has 0 saturated carbocycles. The Bertz CT molecular complexity index is 323. The van der Waals surface area contributed by atoms with E-state index in [9.17, 15) is 4.79 Å². The predicted molar refractivity (Wildman–Crippen MR) is 66.8 cm³/mol. The van der Waals surface area contributed by atoms with Crippen molar-refractivity contribution >= 4 is 5.91 Å². The summed E-state index contributed by atoms with van der Waals surface area (Å²) in [7, 11) is 0. The van der Waals surface area contributed by atoms with Crippen LogP contribution in [-0.2, 0) is 16.2 Å². The van der Waals surface area contributed by atoms with Crippen molar-refractivity contribution in [3.8, 4) is 0 Å². The Morgan fingerprint density at radius 1 is 1.41 bits per heavy atom. The predicted octanol–water partition coefficient (Wildman–Crippen LogP) is 1.61. The Hall–Kier alpha value is -1.39. The largest absolute Gasteiger partial charge is 0.330 e. The third-order valence-electron chi connectivity index (χ3n) is 2.65. The third kappa shape index (κ3) is 5.47. The van der Waals surface area contributed by atoms with Crippen LogP contribution >= 0.6 is 0 Å². The lowest BCUT2D eigenvalue weighted by Gasteiger charge is -2.11. The number of hydrogen-bond donors (Lipinski definition) is 2. The molecule has 4 nitrogen and oxygen atoms in total. The minimum Gasteiger partial charge on any atom is -0.330 e. The molecular weight excluding hydrogens is 216 g/mol. The van der Waals surface area contributed by atoms with Gasteiger partial charge in [-0.15, -0.1) is 0 Å². The maximum Gasteiger partial charge on any atom is 0.243 e. The number of amides is 1. The molecule has 4 heteroatoms. The average molecular weight is 236 g/mol. The van der Waals surface area contributed by atoms with Gasteiger partial charge in [-0.25, -0.2) is 5.48 Å². The molecule has 0 aliphatic heterocycles. The molecule has 0 saturated heterocycles. The maximum absolute atomic E-state index is 11.5. The van der Waals surface area contributed by atoms with Crippen molar-refractivity contribution < 1.29 is 9.63 Å². The highest BCUT2D eigenvalue weighted by molar-refractivity contribution is 5.75. The van der Waals surface area contributed by atoms with Crippen LogP contribution < -0.4 is 11.2 Å². The highest BCUT2D eigenvalue weighted by Gasteiger charge is 2.10. The van der Waals surface area contributed by atoms with Crippen LogP contribution in [0.5, 0.6) is 0 Å². The van der Waals surface area contributed by atoms with Crippen LogP contribution in [0.1, 0.15) is 25.3 Å². The molecule has 0 aliphatic carbocycles. The first kappa shape index (κ1) is 13.7. The van der Waals surface area contributed by atoms with Gasteiger partial charge in [0, 0.05) is 6.42 Å². The van der Waals surface area contributed by atoms with Gasteiger partial charge in [0.25, 0.3) is 0 Å². The number of nitrogens with two attached hydrogens (primary N) is 1. The SMILES string of the molecule is CCC(CN)CC(=O)NOCc1ccccc1. The minimum atomic E-state index is -0.113. The molecule has 94 valence electrons. The van der Waals surface area contributed by atoms with Crippen LogP contribution in [0.15, 0.2) is 30.3 Å². The van der Waals surface area contributed by atoms with Crippen LogP contribution in [0, 0.1) is 5.92 Å². The number of hydroxylamine groups is 1. The number of carbonyl (C=O) groups excluding carboxylic acids is 1. The van der Waals surface area contributed by atoms with E-state index in [0.29, 0.717) is 19.6 Å². The Labute approximate surface area is 102 Å². The molecule has 17 heavy (non-hydrogen) atoms. The van der Waals surface area contributed by atoms with E-state index in [1.807, 2.05) is 37.3 Å². The van der Waals surface area contributed by atoms with Crippen molar-refractivity contribution in [2.45, 2.75) is 26.4 Å². The van der Waals surface area contributed by atoms with Crippen molar-refractivity contribution in [3.63, 3.8) is 0 Å². The van der Waals surface area contributed by atoms with Crippen LogP contribution in [0.4, 0.5) is 0 Å². The quantitative estimate of drug-likeness (QED) is 0.707. The zero-order valence-corrected chi connectivity index (χ0v) is 10.2. The average Bonchev–Trinajstić information content (AvgIpc) is 2.37. The van der Waals surface area contributed by atoms with Gasteiger partial charge in [-0.05, 0) is 18.0 Å². The molecule has 1 aromatic rings. The van der Waals surface area contributed by atoms with Gasteiger partial charge >= 0.3 is 0 Å². The molecular formula is C13H20N2O2. The van der Waals surface area contributed by atoms with Gasteiger partial charge in [0.05, 0.1) is 6.61 Å². The smallest absolute Gasteiger partial charge is 0.243 e. The van der Waals surface area contributed by atoms with Crippen molar-refractivity contribution in [2.24, 2.45) is 11.7 Å². The van der Waals surface area contributed by atoms with E-state index >= 15 is 0 Å². The van der Waals surface area contributed by atoms with Crippen molar-refractivity contribution in [1.82, 2.24) is 5.48 Å². The summed E-state index contributed by atoms with van der Waals surface area (Å²) in [5.41, 5.74) is 8.99. The summed E-state index contributed by atoms with van der Waals surface area (Å²) in [5, 5.41) is 0. The molecule has 0 aliphatic rings. The molecule has 3 N–H and O–H groups in total. The molecule has 0 radical (unpaired) electrons. The lowest BCUT2D eigenvalue weighted by Crippen LogP contribution is -2.28. The van der Waals surface area contributed by atoms with Gasteiger partial charge in [0.2, 0.25) is 5.91 Å². The number of benzene rings is 1. The highest BCUT2D eigenvalue weighted by Crippen LogP contribution is 2.05. The van der Waals surface area contributed by atoms with E-state index in [1.165, 1.54) is 0 Å². The lowest BCUT2D eigenvalue weighted by atomic mass is 10.0. The fourth-order valence-electron chi connectivity index (χ4n) is 1.47. The first-order chi connectivity index (χ1) is 8.26. The van der Waals surface area contributed by atoms with E-state index < -0.39 is 0 Å². The van der Waals surface area contributed by atoms with E-state index in [1.54, 1.807) is 0 Å². The van der Waals surface area contributed by atoms with Crippen LogP contribution in [-0.4, -0.2) is 12.5 Å². The Kier molecular flexibility index (Phi) is 6.29. The molecule has 1 rings (SSSR count). The number of nitrogens with one attached hydrogen (secondary N) is 1. The van der Waals surface area contributed by atoms with Crippen molar-refractivity contribution in [2.75, 3.05) is 6.54 Å². The number of hydrogen-bond acceptors (Lipinski definition) is 3. The van der Waals surface area contributed by atoms with Gasteiger partial charge in [0.1, 0.15) is 0 Å². The van der Waals surface area contributed by atoms with E-state index in [-0.39, 0.29) is 11.8 Å². The summed E-state index contributed by atoms with van der Waals surface area (Å²) in [6, 6.07) is 9.70. The number of rotatable bonds is 7. The maximum atomic E-state index is 11.5. The van der Waals surface area contributed by atoms with Gasteiger partial charge < -0.3 is 5.73 Å². The van der Waals surface area contributed by atoms with Crippen LogP contribution in [0.25, 0.3) is 0 Å². The summed E-state index contributed by atoms with van der Waals surface area (Å²) in [5.74, 6) is 0.119. The van der Waals surface area contributed by atoms with Crippen LogP contribution in [0.2, 0.25) is 0 Å². The van der Waals surface area contributed by atoms with Gasteiger partial charge in [-0.1, -0.05) is 43.7 Å². The van der Waals surface area contributed by atoms with Crippen molar-refractivity contribution in [3.05, 3.63) is 35.9 Å². The Morgan fingerprint density at radius 2 is 2.12 bits per heavy atom. The molecule has 0 heterocycles. The van der Waals surface area contributed by atoms with Gasteiger partial charge in [-0.2, -0.15) is 0 Å². The normalized spacial score (nSPS) is 12.1. The Morgan fingerprint density at radius 3 is 2.71 bits per heavy atom. The summed E-state index contributed by atoms with van der Waals surface area (Å²) in [6.07, 6.45) is 1.32. The summed E-state index contributed by atoms with van der Waals surface area (Å²) >= 11 is 0. The highest BCUT2D eigenvalue weighted by atomic mass is 16.6. The van der Waals surface area contributed by atoms with E-state index in [4.69, 9.17) is 10.6 Å². The van der Waals surface area contributed by atoms with Gasteiger partial charge in [-0.3, -0.25) is 9.63 Å². The molecule has 1 atom stereocenters.